The van der Waals surface area contributed by atoms with E-state index in [4.69, 9.17) is 19.6 Å². The van der Waals surface area contributed by atoms with E-state index >= 15 is 0 Å². The van der Waals surface area contributed by atoms with Crippen LogP contribution in [0.3, 0.4) is 0 Å². The molecule has 0 saturated carbocycles. The zero-order chi connectivity index (χ0) is 12.2. The topological polar surface area (TPSA) is 36.9 Å². The quantitative estimate of drug-likeness (QED) is 0.755. The average Bonchev–Trinajstić information content (AvgIpc) is 2.49. The molecule has 4 nitrogen and oxygen atoms in total. The van der Waals surface area contributed by atoms with Crippen LogP contribution in [0.15, 0.2) is 24.3 Å². The van der Waals surface area contributed by atoms with Gasteiger partial charge in [-0.25, -0.2) is 19.6 Å². The molecule has 0 bridgehead atoms. The molecule has 0 aromatic heterocycles. The monoisotopic (exact) mass is 250 g/mol. The van der Waals surface area contributed by atoms with Gasteiger partial charge in [0.1, 0.15) is 12.2 Å². The van der Waals surface area contributed by atoms with Crippen molar-refractivity contribution >= 4 is 0 Å². The Labute approximate surface area is 107 Å². The molecule has 4 heteroatoms. The second kappa shape index (κ2) is 5.80. The second-order valence-corrected chi connectivity index (χ2v) is 4.73. The van der Waals surface area contributed by atoms with Crippen molar-refractivity contribution in [2.24, 2.45) is 0 Å². The van der Waals surface area contributed by atoms with Gasteiger partial charge >= 0.3 is 0 Å². The highest BCUT2D eigenvalue weighted by Crippen LogP contribution is 2.36. The molecule has 2 unspecified atom stereocenters. The molecule has 0 spiro atoms. The first-order chi connectivity index (χ1) is 8.95. The molecule has 0 radical (unpaired) electrons. The lowest BCUT2D eigenvalue weighted by atomic mass is 9.93. The lowest BCUT2D eigenvalue weighted by Gasteiger charge is -2.28. The molecular weight excluding hydrogens is 232 g/mol. The third-order valence-corrected chi connectivity index (χ3v) is 3.45. The van der Waals surface area contributed by atoms with E-state index in [-0.39, 0.29) is 12.2 Å². The second-order valence-electron chi connectivity index (χ2n) is 4.73. The lowest BCUT2D eigenvalue weighted by molar-refractivity contribution is -0.353. The molecule has 2 atom stereocenters. The van der Waals surface area contributed by atoms with Crippen LogP contribution < -0.4 is 0 Å². The smallest absolute Gasteiger partial charge is 0.118 e. The van der Waals surface area contributed by atoms with Crippen LogP contribution in [-0.4, -0.2) is 13.2 Å². The summed E-state index contributed by atoms with van der Waals surface area (Å²) in [5, 5.41) is 0. The van der Waals surface area contributed by atoms with E-state index in [0.717, 1.165) is 36.8 Å². The fourth-order valence-corrected chi connectivity index (χ4v) is 2.52. The third-order valence-electron chi connectivity index (χ3n) is 3.45. The Balaban J connectivity index is 1.83. The van der Waals surface area contributed by atoms with Crippen LogP contribution in [-0.2, 0) is 19.6 Å². The molecule has 98 valence electrons. The van der Waals surface area contributed by atoms with Crippen LogP contribution >= 0.6 is 0 Å². The highest BCUT2D eigenvalue weighted by atomic mass is 17.2. The summed E-state index contributed by atoms with van der Waals surface area (Å²) in [6.45, 7) is 1.36. The minimum absolute atomic E-state index is 0.0143. The molecule has 2 aliphatic rings. The van der Waals surface area contributed by atoms with Gasteiger partial charge in [-0.15, -0.1) is 0 Å². The summed E-state index contributed by atoms with van der Waals surface area (Å²) in [7, 11) is 0. The molecule has 1 aromatic rings. The van der Waals surface area contributed by atoms with Crippen molar-refractivity contribution in [3.05, 3.63) is 35.4 Å². The van der Waals surface area contributed by atoms with Gasteiger partial charge in [0.25, 0.3) is 0 Å². The average molecular weight is 250 g/mol. The van der Waals surface area contributed by atoms with Gasteiger partial charge in [0.2, 0.25) is 0 Å². The molecule has 0 aliphatic carbocycles. The fourth-order valence-electron chi connectivity index (χ4n) is 2.52. The van der Waals surface area contributed by atoms with E-state index in [9.17, 15) is 0 Å². The predicted octanol–water partition coefficient (Wildman–Crippen LogP) is 3.25. The molecule has 18 heavy (non-hydrogen) atoms. The first kappa shape index (κ1) is 12.1. The van der Waals surface area contributed by atoms with Gasteiger partial charge in [0.15, 0.2) is 0 Å². The van der Waals surface area contributed by atoms with Crippen LogP contribution in [0.25, 0.3) is 0 Å². The van der Waals surface area contributed by atoms with Gasteiger partial charge in [-0.2, -0.15) is 0 Å². The zero-order valence-electron chi connectivity index (χ0n) is 10.3. The lowest BCUT2D eigenvalue weighted by Crippen LogP contribution is -2.19. The molecule has 0 amide bonds. The number of benzene rings is 1. The van der Waals surface area contributed by atoms with Crippen molar-refractivity contribution in [1.82, 2.24) is 0 Å². The summed E-state index contributed by atoms with van der Waals surface area (Å²) in [6, 6.07) is 8.24. The SMILES string of the molecule is c1ccc(C2CCCOO2)c(C2CCCOO2)c1. The Morgan fingerprint density at radius 1 is 0.778 bits per heavy atom. The highest BCUT2D eigenvalue weighted by molar-refractivity contribution is 5.31. The van der Waals surface area contributed by atoms with Gasteiger partial charge in [-0.05, 0) is 36.8 Å². The van der Waals surface area contributed by atoms with Crippen molar-refractivity contribution in [1.29, 1.82) is 0 Å². The van der Waals surface area contributed by atoms with Gasteiger partial charge < -0.3 is 0 Å². The standard InChI is InChI=1S/C14H18O4/c1-2-6-12(14-8-4-10-16-18-14)11(5-1)13-7-3-9-15-17-13/h1-2,5-6,13-14H,3-4,7-10H2. The van der Waals surface area contributed by atoms with Crippen molar-refractivity contribution in [3.63, 3.8) is 0 Å². The molecule has 3 rings (SSSR count). The summed E-state index contributed by atoms with van der Waals surface area (Å²) in [4.78, 5) is 21.0. The first-order valence-electron chi connectivity index (χ1n) is 6.60. The Kier molecular flexibility index (Phi) is 3.90. The summed E-state index contributed by atoms with van der Waals surface area (Å²) in [5.41, 5.74) is 2.32. The van der Waals surface area contributed by atoms with E-state index in [2.05, 4.69) is 12.1 Å². The molecule has 2 heterocycles. The Hall–Kier alpha value is -0.940. The number of hydrogen-bond acceptors (Lipinski definition) is 4. The summed E-state index contributed by atoms with van der Waals surface area (Å²) < 4.78 is 0. The minimum atomic E-state index is 0.0143. The van der Waals surface area contributed by atoms with E-state index in [1.807, 2.05) is 12.1 Å². The van der Waals surface area contributed by atoms with E-state index < -0.39 is 0 Å². The van der Waals surface area contributed by atoms with Gasteiger partial charge in [-0.1, -0.05) is 24.3 Å². The van der Waals surface area contributed by atoms with Gasteiger partial charge in [-0.3, -0.25) is 0 Å². The van der Waals surface area contributed by atoms with Crippen LogP contribution in [0, 0.1) is 0 Å². The molecule has 1 aromatic carbocycles. The fraction of sp³-hybridized carbons (Fsp3) is 0.571. The van der Waals surface area contributed by atoms with Crippen LogP contribution in [0.2, 0.25) is 0 Å². The van der Waals surface area contributed by atoms with E-state index in [1.54, 1.807) is 0 Å². The van der Waals surface area contributed by atoms with Crippen molar-refractivity contribution < 1.29 is 19.6 Å². The Bertz CT molecular complexity index is 344. The summed E-state index contributed by atoms with van der Waals surface area (Å²) >= 11 is 0. The van der Waals surface area contributed by atoms with Crippen LogP contribution in [0.4, 0.5) is 0 Å². The third kappa shape index (κ3) is 2.57. The van der Waals surface area contributed by atoms with Gasteiger partial charge in [0, 0.05) is 0 Å². The molecule has 2 saturated heterocycles. The van der Waals surface area contributed by atoms with E-state index in [0.29, 0.717) is 13.2 Å². The maximum atomic E-state index is 5.40. The van der Waals surface area contributed by atoms with Crippen molar-refractivity contribution in [2.45, 2.75) is 37.9 Å². The molecule has 2 aliphatic heterocycles. The predicted molar refractivity (Wildman–Crippen MR) is 64.5 cm³/mol. The molecule has 0 N–H and O–H groups in total. The van der Waals surface area contributed by atoms with Crippen molar-refractivity contribution in [3.8, 4) is 0 Å². The Morgan fingerprint density at radius 2 is 1.28 bits per heavy atom. The minimum Gasteiger partial charge on any atom is -0.236 e. The Morgan fingerprint density at radius 3 is 1.67 bits per heavy atom. The van der Waals surface area contributed by atoms with Gasteiger partial charge in [0.05, 0.1) is 13.2 Å². The van der Waals surface area contributed by atoms with Crippen molar-refractivity contribution in [2.75, 3.05) is 13.2 Å². The molecular formula is C14H18O4. The van der Waals surface area contributed by atoms with E-state index in [1.165, 1.54) is 0 Å². The van der Waals surface area contributed by atoms with Crippen LogP contribution in [0.5, 0.6) is 0 Å². The first-order valence-corrected chi connectivity index (χ1v) is 6.60. The number of hydrogen-bond donors (Lipinski definition) is 0. The largest absolute Gasteiger partial charge is 0.236 e. The normalized spacial score (nSPS) is 29.1. The molecule has 2 fully saturated rings. The highest BCUT2D eigenvalue weighted by Gasteiger charge is 2.26. The number of rotatable bonds is 2. The summed E-state index contributed by atoms with van der Waals surface area (Å²) in [5.74, 6) is 0. The summed E-state index contributed by atoms with van der Waals surface area (Å²) in [6.07, 6.45) is 4.07. The zero-order valence-corrected chi connectivity index (χ0v) is 10.3. The maximum absolute atomic E-state index is 5.40. The van der Waals surface area contributed by atoms with Crippen LogP contribution in [0.1, 0.15) is 49.0 Å². The maximum Gasteiger partial charge on any atom is 0.118 e.